The highest BCUT2D eigenvalue weighted by Gasteiger charge is 2.31. The van der Waals surface area contributed by atoms with Gasteiger partial charge < -0.3 is 32.3 Å². The smallest absolute Gasteiger partial charge is 0.326 e. The number of hydrogen-bond donors (Lipinski definition) is 6. The van der Waals surface area contributed by atoms with Crippen LogP contribution in [0.5, 0.6) is 0 Å². The maximum Gasteiger partial charge on any atom is 0.326 e. The van der Waals surface area contributed by atoms with E-state index in [1.165, 1.54) is 0 Å². The zero-order valence-electron chi connectivity index (χ0n) is 14.7. The van der Waals surface area contributed by atoms with E-state index in [0.717, 1.165) is 0 Å². The van der Waals surface area contributed by atoms with Gasteiger partial charge in [-0.15, -0.1) is 0 Å². The fraction of sp³-hybridized carbons (Fsp3) is 0.667. The Labute approximate surface area is 150 Å². The molecule has 0 aromatic heterocycles. The van der Waals surface area contributed by atoms with E-state index in [4.69, 9.17) is 21.7 Å². The Morgan fingerprint density at radius 1 is 1.04 bits per heavy atom. The van der Waals surface area contributed by atoms with E-state index in [-0.39, 0.29) is 18.8 Å². The first-order chi connectivity index (χ1) is 12.0. The Bertz CT molecular complexity index is 552. The van der Waals surface area contributed by atoms with Crippen molar-refractivity contribution in [2.24, 2.45) is 17.4 Å². The van der Waals surface area contributed by atoms with Crippen molar-refractivity contribution in [1.82, 2.24) is 10.6 Å². The van der Waals surface area contributed by atoms with Crippen LogP contribution in [-0.2, 0) is 24.0 Å². The molecule has 148 valence electrons. The minimum Gasteiger partial charge on any atom is -0.481 e. The van der Waals surface area contributed by atoms with Gasteiger partial charge >= 0.3 is 11.9 Å². The number of carbonyl (C=O) groups excluding carboxylic acids is 3. The molecule has 0 aliphatic carbocycles. The SMILES string of the molecule is CCC(C)C(NC(=O)C(N)CCC(N)=O)C(=O)NC(CC(=O)O)C(=O)O. The maximum absolute atomic E-state index is 12.4. The Morgan fingerprint density at radius 3 is 2.04 bits per heavy atom. The standard InChI is InChI=1S/C15H26N4O7/c1-3-7(2)12(19-13(23)8(16)4-5-10(17)20)14(24)18-9(15(25)26)6-11(21)22/h7-9,12H,3-6,16H2,1-2H3,(H2,17,20)(H,18,24)(H,19,23)(H,21,22)(H,25,26). The van der Waals surface area contributed by atoms with Crippen molar-refractivity contribution >= 4 is 29.7 Å². The minimum atomic E-state index is -1.63. The average molecular weight is 374 g/mol. The van der Waals surface area contributed by atoms with Crippen molar-refractivity contribution < 1.29 is 34.2 Å². The summed E-state index contributed by atoms with van der Waals surface area (Å²) in [6, 6.07) is -3.81. The van der Waals surface area contributed by atoms with Gasteiger partial charge in [-0.3, -0.25) is 19.2 Å². The monoisotopic (exact) mass is 374 g/mol. The van der Waals surface area contributed by atoms with Gasteiger partial charge in [-0.1, -0.05) is 20.3 Å². The van der Waals surface area contributed by atoms with Crippen LogP contribution < -0.4 is 22.1 Å². The molecule has 0 aliphatic heterocycles. The van der Waals surface area contributed by atoms with Gasteiger partial charge in [0.15, 0.2) is 0 Å². The van der Waals surface area contributed by atoms with Crippen molar-refractivity contribution in [3.8, 4) is 0 Å². The molecule has 0 saturated heterocycles. The Balaban J connectivity index is 5.09. The molecule has 0 rings (SSSR count). The minimum absolute atomic E-state index is 0.00717. The molecule has 0 fully saturated rings. The molecule has 0 bridgehead atoms. The number of rotatable bonds is 12. The molecule has 3 amide bonds. The largest absolute Gasteiger partial charge is 0.481 e. The lowest BCUT2D eigenvalue weighted by Gasteiger charge is -2.26. The van der Waals surface area contributed by atoms with Gasteiger partial charge in [0.05, 0.1) is 12.5 Å². The second kappa shape index (κ2) is 11.0. The molecule has 0 aliphatic rings. The summed E-state index contributed by atoms with van der Waals surface area (Å²) in [6.45, 7) is 3.42. The third kappa shape index (κ3) is 8.42. The zero-order chi connectivity index (χ0) is 20.4. The molecule has 0 saturated carbocycles. The molecular formula is C15H26N4O7. The van der Waals surface area contributed by atoms with Crippen LogP contribution in [-0.4, -0.2) is 58.0 Å². The lowest BCUT2D eigenvalue weighted by molar-refractivity contribution is -0.147. The van der Waals surface area contributed by atoms with E-state index < -0.39 is 54.2 Å². The van der Waals surface area contributed by atoms with Crippen molar-refractivity contribution in [3.63, 3.8) is 0 Å². The Kier molecular flexibility index (Phi) is 9.89. The summed E-state index contributed by atoms with van der Waals surface area (Å²) in [5, 5.41) is 22.3. The van der Waals surface area contributed by atoms with E-state index in [1.807, 2.05) is 0 Å². The number of carboxylic acids is 2. The Hall–Kier alpha value is -2.69. The molecule has 0 spiro atoms. The molecule has 11 heteroatoms. The van der Waals surface area contributed by atoms with E-state index in [0.29, 0.717) is 6.42 Å². The quantitative estimate of drug-likeness (QED) is 0.228. The summed E-state index contributed by atoms with van der Waals surface area (Å²) < 4.78 is 0. The van der Waals surface area contributed by atoms with Gasteiger partial charge in [-0.25, -0.2) is 4.79 Å². The van der Waals surface area contributed by atoms with E-state index in [1.54, 1.807) is 13.8 Å². The molecule has 26 heavy (non-hydrogen) atoms. The van der Waals surface area contributed by atoms with Crippen LogP contribution in [0.3, 0.4) is 0 Å². The number of primary amides is 1. The van der Waals surface area contributed by atoms with Crippen LogP contribution in [0.15, 0.2) is 0 Å². The van der Waals surface area contributed by atoms with Crippen molar-refractivity contribution in [3.05, 3.63) is 0 Å². The summed E-state index contributed by atoms with van der Waals surface area (Å²) in [5.74, 6) is -5.42. The highest BCUT2D eigenvalue weighted by Crippen LogP contribution is 2.10. The Morgan fingerprint density at radius 2 is 1.62 bits per heavy atom. The highest BCUT2D eigenvalue weighted by atomic mass is 16.4. The molecular weight excluding hydrogens is 348 g/mol. The fourth-order valence-corrected chi connectivity index (χ4v) is 2.03. The van der Waals surface area contributed by atoms with Crippen LogP contribution in [0.2, 0.25) is 0 Å². The van der Waals surface area contributed by atoms with Gasteiger partial charge in [-0.2, -0.15) is 0 Å². The van der Waals surface area contributed by atoms with Crippen molar-refractivity contribution in [1.29, 1.82) is 0 Å². The lowest BCUT2D eigenvalue weighted by Crippen LogP contribution is -2.56. The van der Waals surface area contributed by atoms with E-state index in [9.17, 15) is 24.0 Å². The second-order valence-electron chi connectivity index (χ2n) is 5.98. The number of nitrogens with two attached hydrogens (primary N) is 2. The van der Waals surface area contributed by atoms with Crippen LogP contribution >= 0.6 is 0 Å². The van der Waals surface area contributed by atoms with Gasteiger partial charge in [0.1, 0.15) is 12.1 Å². The number of nitrogens with one attached hydrogen (secondary N) is 2. The average Bonchev–Trinajstić information content (AvgIpc) is 2.55. The second-order valence-corrected chi connectivity index (χ2v) is 5.98. The van der Waals surface area contributed by atoms with Crippen LogP contribution in [0.4, 0.5) is 0 Å². The number of carboxylic acid groups (broad SMARTS) is 2. The molecule has 0 radical (unpaired) electrons. The molecule has 4 atom stereocenters. The van der Waals surface area contributed by atoms with Crippen molar-refractivity contribution in [2.75, 3.05) is 0 Å². The van der Waals surface area contributed by atoms with Gasteiger partial charge in [0, 0.05) is 6.42 Å². The highest BCUT2D eigenvalue weighted by molar-refractivity contribution is 5.93. The predicted octanol–water partition coefficient (Wildman–Crippen LogP) is -1.85. The molecule has 4 unspecified atom stereocenters. The maximum atomic E-state index is 12.4. The van der Waals surface area contributed by atoms with Crippen LogP contribution in [0.1, 0.15) is 39.5 Å². The predicted molar refractivity (Wildman–Crippen MR) is 89.6 cm³/mol. The van der Waals surface area contributed by atoms with Crippen molar-refractivity contribution in [2.45, 2.75) is 57.7 Å². The first-order valence-electron chi connectivity index (χ1n) is 8.08. The van der Waals surface area contributed by atoms with E-state index in [2.05, 4.69) is 10.6 Å². The molecule has 0 aromatic rings. The third-order valence-corrected chi connectivity index (χ3v) is 3.83. The van der Waals surface area contributed by atoms with Crippen LogP contribution in [0.25, 0.3) is 0 Å². The summed E-state index contributed by atoms with van der Waals surface area (Å²) in [7, 11) is 0. The molecule has 11 nitrogen and oxygen atoms in total. The molecule has 8 N–H and O–H groups in total. The first kappa shape index (κ1) is 23.3. The van der Waals surface area contributed by atoms with Gasteiger partial charge in [-0.05, 0) is 12.3 Å². The zero-order valence-corrected chi connectivity index (χ0v) is 14.7. The number of amides is 3. The topological polar surface area (TPSA) is 202 Å². The summed E-state index contributed by atoms with van der Waals surface area (Å²) >= 11 is 0. The summed E-state index contributed by atoms with van der Waals surface area (Å²) in [4.78, 5) is 57.0. The molecule has 0 aromatic carbocycles. The number of aliphatic carboxylic acids is 2. The number of hydrogen-bond acceptors (Lipinski definition) is 6. The third-order valence-electron chi connectivity index (χ3n) is 3.83. The first-order valence-corrected chi connectivity index (χ1v) is 8.08. The van der Waals surface area contributed by atoms with Gasteiger partial charge in [0.25, 0.3) is 0 Å². The fourth-order valence-electron chi connectivity index (χ4n) is 2.03. The normalized spacial score (nSPS) is 15.2. The lowest BCUT2D eigenvalue weighted by atomic mass is 9.97. The van der Waals surface area contributed by atoms with E-state index >= 15 is 0 Å². The summed E-state index contributed by atoms with van der Waals surface area (Å²) in [6.07, 6.45) is -0.437. The van der Waals surface area contributed by atoms with Gasteiger partial charge in [0.2, 0.25) is 17.7 Å². The van der Waals surface area contributed by atoms with Crippen LogP contribution in [0, 0.1) is 5.92 Å². The summed E-state index contributed by atoms with van der Waals surface area (Å²) in [5.41, 5.74) is 10.6. The molecule has 0 heterocycles. The number of carbonyl (C=O) groups is 5.